The van der Waals surface area contributed by atoms with Gasteiger partial charge in [0.05, 0.1) is 4.90 Å². The Bertz CT molecular complexity index is 586. The molecule has 0 aliphatic rings. The van der Waals surface area contributed by atoms with Gasteiger partial charge in [-0.15, -0.1) is 0 Å². The molecule has 0 aliphatic carbocycles. The molecule has 0 aliphatic heterocycles. The smallest absolute Gasteiger partial charge is 0.242 e. The summed E-state index contributed by atoms with van der Waals surface area (Å²) in [5.74, 6) is 0.721. The lowest BCUT2D eigenvalue weighted by atomic mass is 10.2. The van der Waals surface area contributed by atoms with E-state index in [1.165, 1.54) is 18.4 Å². The molecule has 0 unspecified atom stereocenters. The van der Waals surface area contributed by atoms with Crippen molar-refractivity contribution in [3.63, 3.8) is 0 Å². The maximum absolute atomic E-state index is 11.8. The minimum absolute atomic E-state index is 0.276. The number of rotatable bonds is 3. The van der Waals surface area contributed by atoms with E-state index in [-0.39, 0.29) is 4.90 Å². The van der Waals surface area contributed by atoms with E-state index in [9.17, 15) is 8.42 Å². The van der Waals surface area contributed by atoms with Crippen LogP contribution in [0.3, 0.4) is 0 Å². The highest BCUT2D eigenvalue weighted by Crippen LogP contribution is 2.19. The second kappa shape index (κ2) is 4.31. The number of aromatic amines is 1. The molecule has 17 heavy (non-hydrogen) atoms. The standard InChI is InChI=1S/C11H13N3O2S/c1-14(2)17(15,16)10-5-3-9(4-6-10)11-12-7-8-13-11/h3-8H,1-2H3,(H,12,13). The van der Waals surface area contributed by atoms with E-state index < -0.39 is 10.0 Å². The Kier molecular flexibility index (Phi) is 2.99. The molecular formula is C11H13N3O2S. The largest absolute Gasteiger partial charge is 0.345 e. The zero-order valence-electron chi connectivity index (χ0n) is 9.58. The normalized spacial score (nSPS) is 11.9. The second-order valence-electron chi connectivity index (χ2n) is 3.75. The topological polar surface area (TPSA) is 66.1 Å². The van der Waals surface area contributed by atoms with E-state index in [0.29, 0.717) is 0 Å². The molecular weight excluding hydrogens is 238 g/mol. The third-order valence-electron chi connectivity index (χ3n) is 2.40. The molecule has 0 saturated heterocycles. The van der Waals surface area contributed by atoms with E-state index in [4.69, 9.17) is 0 Å². The summed E-state index contributed by atoms with van der Waals surface area (Å²) in [6, 6.07) is 6.62. The average molecular weight is 251 g/mol. The van der Waals surface area contributed by atoms with Gasteiger partial charge in [-0.1, -0.05) is 0 Å². The van der Waals surface area contributed by atoms with Gasteiger partial charge in [0.15, 0.2) is 0 Å². The van der Waals surface area contributed by atoms with E-state index in [1.807, 2.05) is 0 Å². The minimum Gasteiger partial charge on any atom is -0.345 e. The van der Waals surface area contributed by atoms with Gasteiger partial charge >= 0.3 is 0 Å². The van der Waals surface area contributed by atoms with E-state index >= 15 is 0 Å². The van der Waals surface area contributed by atoms with Crippen LogP contribution in [0.5, 0.6) is 0 Å². The molecule has 1 aromatic heterocycles. The first kappa shape index (κ1) is 11.8. The SMILES string of the molecule is CN(C)S(=O)(=O)c1ccc(-c2ncc[nH]2)cc1. The average Bonchev–Trinajstić information content (AvgIpc) is 2.82. The van der Waals surface area contributed by atoms with Gasteiger partial charge in [-0.2, -0.15) is 0 Å². The number of hydrogen-bond donors (Lipinski definition) is 1. The number of aromatic nitrogens is 2. The van der Waals surface area contributed by atoms with Crippen molar-refractivity contribution in [2.24, 2.45) is 0 Å². The molecule has 2 rings (SSSR count). The summed E-state index contributed by atoms with van der Waals surface area (Å²) in [4.78, 5) is 7.34. The van der Waals surface area contributed by atoms with Crippen LogP contribution < -0.4 is 0 Å². The fourth-order valence-electron chi connectivity index (χ4n) is 1.42. The molecule has 0 bridgehead atoms. The number of H-pyrrole nitrogens is 1. The Labute approximate surface area is 100 Å². The fraction of sp³-hybridized carbons (Fsp3) is 0.182. The summed E-state index contributed by atoms with van der Waals surface area (Å²) in [5.41, 5.74) is 0.854. The van der Waals surface area contributed by atoms with Crippen molar-refractivity contribution in [1.29, 1.82) is 0 Å². The van der Waals surface area contributed by atoms with Crippen LogP contribution in [0.2, 0.25) is 0 Å². The molecule has 5 nitrogen and oxygen atoms in total. The molecule has 1 heterocycles. The monoisotopic (exact) mass is 251 g/mol. The number of nitrogens with zero attached hydrogens (tertiary/aromatic N) is 2. The van der Waals surface area contributed by atoms with Gasteiger partial charge in [-0.05, 0) is 24.3 Å². The first-order valence-corrected chi connectivity index (χ1v) is 6.48. The molecule has 0 atom stereocenters. The maximum atomic E-state index is 11.8. The van der Waals surface area contributed by atoms with Crippen LogP contribution in [0.15, 0.2) is 41.6 Å². The van der Waals surface area contributed by atoms with Gasteiger partial charge in [0.1, 0.15) is 5.82 Å². The highest BCUT2D eigenvalue weighted by molar-refractivity contribution is 7.89. The summed E-state index contributed by atoms with van der Waals surface area (Å²) < 4.78 is 24.9. The summed E-state index contributed by atoms with van der Waals surface area (Å²) >= 11 is 0. The van der Waals surface area contributed by atoms with Crippen LogP contribution in [0.1, 0.15) is 0 Å². The third kappa shape index (κ3) is 2.22. The predicted octanol–water partition coefficient (Wildman–Crippen LogP) is 1.33. The lowest BCUT2D eigenvalue weighted by Gasteiger charge is -2.11. The molecule has 90 valence electrons. The Hall–Kier alpha value is -1.66. The van der Waals surface area contributed by atoms with Gasteiger partial charge < -0.3 is 4.98 Å². The van der Waals surface area contributed by atoms with E-state index in [0.717, 1.165) is 11.4 Å². The van der Waals surface area contributed by atoms with Crippen molar-refractivity contribution in [2.45, 2.75) is 4.90 Å². The maximum Gasteiger partial charge on any atom is 0.242 e. The van der Waals surface area contributed by atoms with Crippen LogP contribution in [0.25, 0.3) is 11.4 Å². The van der Waals surface area contributed by atoms with Gasteiger partial charge in [0.2, 0.25) is 10.0 Å². The highest BCUT2D eigenvalue weighted by Gasteiger charge is 2.16. The number of hydrogen-bond acceptors (Lipinski definition) is 3. The molecule has 2 aromatic rings. The van der Waals surface area contributed by atoms with Crippen molar-refractivity contribution in [3.05, 3.63) is 36.7 Å². The third-order valence-corrected chi connectivity index (χ3v) is 4.23. The Morgan fingerprint density at radius 3 is 2.29 bits per heavy atom. The van der Waals surface area contributed by atoms with Crippen molar-refractivity contribution < 1.29 is 8.42 Å². The van der Waals surface area contributed by atoms with Gasteiger partial charge in [-0.3, -0.25) is 0 Å². The molecule has 0 fully saturated rings. The first-order chi connectivity index (χ1) is 8.01. The number of nitrogens with one attached hydrogen (secondary N) is 1. The molecule has 0 spiro atoms. The molecule has 1 N–H and O–H groups in total. The van der Waals surface area contributed by atoms with Gasteiger partial charge in [0, 0.05) is 32.1 Å². The van der Waals surface area contributed by atoms with Gasteiger partial charge in [0.25, 0.3) is 0 Å². The lowest BCUT2D eigenvalue weighted by molar-refractivity contribution is 0.521. The molecule has 0 saturated carbocycles. The zero-order valence-corrected chi connectivity index (χ0v) is 10.4. The van der Waals surface area contributed by atoms with Crippen molar-refractivity contribution in [2.75, 3.05) is 14.1 Å². The van der Waals surface area contributed by atoms with E-state index in [1.54, 1.807) is 36.7 Å². The summed E-state index contributed by atoms with van der Waals surface area (Å²) in [7, 11) is -0.340. The second-order valence-corrected chi connectivity index (χ2v) is 5.90. The Balaban J connectivity index is 2.38. The predicted molar refractivity (Wildman–Crippen MR) is 64.9 cm³/mol. The van der Waals surface area contributed by atoms with Crippen molar-refractivity contribution in [1.82, 2.24) is 14.3 Å². The number of sulfonamides is 1. The summed E-state index contributed by atoms with van der Waals surface area (Å²) in [5, 5.41) is 0. The van der Waals surface area contributed by atoms with Gasteiger partial charge in [-0.25, -0.2) is 17.7 Å². The van der Waals surface area contributed by atoms with Crippen LogP contribution in [0, 0.1) is 0 Å². The summed E-state index contributed by atoms with van der Waals surface area (Å²) in [6.45, 7) is 0. The van der Waals surface area contributed by atoms with Crippen LogP contribution in [-0.2, 0) is 10.0 Å². The summed E-state index contributed by atoms with van der Waals surface area (Å²) in [6.07, 6.45) is 3.37. The minimum atomic E-state index is -3.36. The van der Waals surface area contributed by atoms with E-state index in [2.05, 4.69) is 9.97 Å². The highest BCUT2D eigenvalue weighted by atomic mass is 32.2. The van der Waals surface area contributed by atoms with Crippen molar-refractivity contribution >= 4 is 10.0 Å². The lowest BCUT2D eigenvalue weighted by Crippen LogP contribution is -2.22. The number of benzene rings is 1. The molecule has 6 heteroatoms. The number of imidazole rings is 1. The van der Waals surface area contributed by atoms with Crippen LogP contribution in [-0.4, -0.2) is 36.8 Å². The van der Waals surface area contributed by atoms with Crippen LogP contribution >= 0.6 is 0 Å². The van der Waals surface area contributed by atoms with Crippen LogP contribution in [0.4, 0.5) is 0 Å². The first-order valence-electron chi connectivity index (χ1n) is 5.04. The zero-order chi connectivity index (χ0) is 12.5. The molecule has 0 amide bonds. The Morgan fingerprint density at radius 2 is 1.82 bits per heavy atom. The quantitative estimate of drug-likeness (QED) is 0.894. The molecule has 1 aromatic carbocycles. The van der Waals surface area contributed by atoms with Crippen molar-refractivity contribution in [3.8, 4) is 11.4 Å². The Morgan fingerprint density at radius 1 is 1.18 bits per heavy atom. The fourth-order valence-corrected chi connectivity index (χ4v) is 2.32. The molecule has 0 radical (unpaired) electrons.